The molecule has 2 atom stereocenters. The summed E-state index contributed by atoms with van der Waals surface area (Å²) in [5, 5.41) is 11.8. The molecule has 1 aliphatic rings. The Morgan fingerprint density at radius 1 is 1.34 bits per heavy atom. The highest BCUT2D eigenvalue weighted by Crippen LogP contribution is 2.55. The van der Waals surface area contributed by atoms with Crippen molar-refractivity contribution in [1.82, 2.24) is 24.8 Å². The van der Waals surface area contributed by atoms with E-state index in [1.54, 1.807) is 4.68 Å². The van der Waals surface area contributed by atoms with E-state index in [1.165, 1.54) is 19.5 Å². The van der Waals surface area contributed by atoms with Gasteiger partial charge in [-0.1, -0.05) is 27.2 Å². The SMILES string of the molecule is COC(=O)c1cnn(-c2cccc(Br)c2)c1[C@@H]1C[C@H]1c1cn(CC(F)(F)F)nn1. The summed E-state index contributed by atoms with van der Waals surface area (Å²) in [5.74, 6) is -0.808. The van der Waals surface area contributed by atoms with Crippen LogP contribution in [0.2, 0.25) is 0 Å². The Morgan fingerprint density at radius 2 is 2.14 bits per heavy atom. The number of carbonyl (C=O) groups excluding carboxylic acids is 1. The second-order valence-electron chi connectivity index (χ2n) is 6.73. The van der Waals surface area contributed by atoms with Gasteiger partial charge in [0.1, 0.15) is 12.1 Å². The summed E-state index contributed by atoms with van der Waals surface area (Å²) >= 11 is 3.42. The van der Waals surface area contributed by atoms with E-state index in [2.05, 4.69) is 31.3 Å². The van der Waals surface area contributed by atoms with Gasteiger partial charge in [0, 0.05) is 22.5 Å². The van der Waals surface area contributed by atoms with Crippen molar-refractivity contribution in [3.05, 3.63) is 58.1 Å². The summed E-state index contributed by atoms with van der Waals surface area (Å²) in [4.78, 5) is 12.2. The fourth-order valence-corrected chi connectivity index (χ4v) is 3.75. The molecule has 0 unspecified atom stereocenters. The fraction of sp³-hybridized carbons (Fsp3) is 0.333. The molecule has 0 spiro atoms. The number of rotatable bonds is 5. The first-order valence-corrected chi connectivity index (χ1v) is 9.45. The van der Waals surface area contributed by atoms with Crippen molar-refractivity contribution in [2.24, 2.45) is 0 Å². The second kappa shape index (κ2) is 7.29. The molecule has 4 rings (SSSR count). The number of aromatic nitrogens is 5. The minimum absolute atomic E-state index is 0.137. The maximum Gasteiger partial charge on any atom is 0.408 e. The number of hydrogen-bond donors (Lipinski definition) is 0. The molecule has 7 nitrogen and oxygen atoms in total. The first-order chi connectivity index (χ1) is 13.8. The molecule has 2 aromatic heterocycles. The maximum absolute atomic E-state index is 12.6. The Bertz CT molecular complexity index is 1060. The van der Waals surface area contributed by atoms with Gasteiger partial charge in [-0.25, -0.2) is 14.2 Å². The van der Waals surface area contributed by atoms with Crippen molar-refractivity contribution in [2.75, 3.05) is 7.11 Å². The predicted molar refractivity (Wildman–Crippen MR) is 98.8 cm³/mol. The molecule has 0 radical (unpaired) electrons. The van der Waals surface area contributed by atoms with Crippen molar-refractivity contribution in [1.29, 1.82) is 0 Å². The van der Waals surface area contributed by atoms with Gasteiger partial charge in [-0.2, -0.15) is 18.3 Å². The predicted octanol–water partition coefficient (Wildman–Crippen LogP) is 3.85. The van der Waals surface area contributed by atoms with Crippen LogP contribution in [0.5, 0.6) is 0 Å². The molecule has 2 heterocycles. The van der Waals surface area contributed by atoms with Gasteiger partial charge in [-0.05, 0) is 24.6 Å². The Kier molecular flexibility index (Phi) is 4.93. The highest BCUT2D eigenvalue weighted by atomic mass is 79.9. The van der Waals surface area contributed by atoms with E-state index in [0.717, 1.165) is 14.8 Å². The molecular formula is C18H15BrF3N5O2. The van der Waals surface area contributed by atoms with E-state index in [4.69, 9.17) is 4.74 Å². The van der Waals surface area contributed by atoms with E-state index >= 15 is 0 Å². The zero-order valence-electron chi connectivity index (χ0n) is 15.1. The van der Waals surface area contributed by atoms with Crippen LogP contribution < -0.4 is 0 Å². The van der Waals surface area contributed by atoms with E-state index in [9.17, 15) is 18.0 Å². The van der Waals surface area contributed by atoms with E-state index < -0.39 is 18.7 Å². The van der Waals surface area contributed by atoms with E-state index in [1.807, 2.05) is 24.3 Å². The Hall–Kier alpha value is -2.69. The summed E-state index contributed by atoms with van der Waals surface area (Å²) in [6.45, 7) is -1.19. The normalized spacial score (nSPS) is 18.7. The molecule has 152 valence electrons. The van der Waals surface area contributed by atoms with Crippen LogP contribution in [-0.4, -0.2) is 44.0 Å². The lowest BCUT2D eigenvalue weighted by molar-refractivity contribution is -0.142. The minimum atomic E-state index is -4.37. The molecule has 1 fully saturated rings. The van der Waals surface area contributed by atoms with Gasteiger partial charge in [-0.15, -0.1) is 5.10 Å². The van der Waals surface area contributed by atoms with Gasteiger partial charge in [0.05, 0.1) is 30.4 Å². The quantitative estimate of drug-likeness (QED) is 0.530. The summed E-state index contributed by atoms with van der Waals surface area (Å²) in [7, 11) is 1.29. The lowest BCUT2D eigenvalue weighted by Gasteiger charge is -2.09. The van der Waals surface area contributed by atoms with Crippen LogP contribution in [0.4, 0.5) is 13.2 Å². The third-order valence-electron chi connectivity index (χ3n) is 4.68. The lowest BCUT2D eigenvalue weighted by Crippen LogP contribution is -2.18. The zero-order chi connectivity index (χ0) is 20.8. The van der Waals surface area contributed by atoms with Crippen LogP contribution in [0.15, 0.2) is 41.1 Å². The van der Waals surface area contributed by atoms with Crippen molar-refractivity contribution < 1.29 is 22.7 Å². The number of alkyl halides is 3. The molecule has 1 saturated carbocycles. The second-order valence-corrected chi connectivity index (χ2v) is 7.65. The average molecular weight is 470 g/mol. The van der Waals surface area contributed by atoms with Crippen LogP contribution in [-0.2, 0) is 11.3 Å². The molecule has 0 N–H and O–H groups in total. The number of halogens is 4. The molecule has 0 amide bonds. The maximum atomic E-state index is 12.6. The third kappa shape index (κ3) is 4.04. The van der Waals surface area contributed by atoms with E-state index in [0.29, 0.717) is 23.4 Å². The highest BCUT2D eigenvalue weighted by Gasteiger charge is 2.46. The number of nitrogens with zero attached hydrogens (tertiary/aromatic N) is 5. The van der Waals surface area contributed by atoms with Gasteiger partial charge in [-0.3, -0.25) is 0 Å². The Balaban J connectivity index is 1.66. The van der Waals surface area contributed by atoms with Gasteiger partial charge < -0.3 is 4.74 Å². The van der Waals surface area contributed by atoms with Crippen LogP contribution in [0.25, 0.3) is 5.69 Å². The monoisotopic (exact) mass is 469 g/mol. The third-order valence-corrected chi connectivity index (χ3v) is 5.18. The van der Waals surface area contributed by atoms with Crippen LogP contribution in [0, 0.1) is 0 Å². The number of ether oxygens (including phenoxy) is 1. The van der Waals surface area contributed by atoms with Gasteiger partial charge in [0.15, 0.2) is 0 Å². The highest BCUT2D eigenvalue weighted by molar-refractivity contribution is 9.10. The molecule has 11 heteroatoms. The average Bonchev–Trinajstić information content (AvgIpc) is 3.10. The van der Waals surface area contributed by atoms with Crippen LogP contribution >= 0.6 is 15.9 Å². The first-order valence-electron chi connectivity index (χ1n) is 8.66. The first kappa shape index (κ1) is 19.6. The number of methoxy groups -OCH3 is 1. The van der Waals surface area contributed by atoms with E-state index in [-0.39, 0.29) is 11.8 Å². The minimum Gasteiger partial charge on any atom is -0.465 e. The van der Waals surface area contributed by atoms with Crippen LogP contribution in [0.1, 0.15) is 40.0 Å². The fourth-order valence-electron chi connectivity index (χ4n) is 3.36. The number of carbonyl (C=O) groups is 1. The van der Waals surface area contributed by atoms with Crippen molar-refractivity contribution in [3.8, 4) is 5.69 Å². The molecule has 3 aromatic rings. The summed E-state index contributed by atoms with van der Waals surface area (Å²) < 4.78 is 45.8. The number of hydrogen-bond acceptors (Lipinski definition) is 5. The number of benzene rings is 1. The van der Waals surface area contributed by atoms with Crippen molar-refractivity contribution in [2.45, 2.75) is 31.0 Å². The molecule has 0 saturated heterocycles. The lowest BCUT2D eigenvalue weighted by atomic mass is 10.1. The van der Waals surface area contributed by atoms with Gasteiger partial charge >= 0.3 is 12.1 Å². The molecule has 0 bridgehead atoms. The molecule has 1 aromatic carbocycles. The topological polar surface area (TPSA) is 74.8 Å². The summed E-state index contributed by atoms with van der Waals surface area (Å²) in [6, 6.07) is 7.41. The van der Waals surface area contributed by atoms with Gasteiger partial charge in [0.2, 0.25) is 0 Å². The Labute approximate surface area is 171 Å². The van der Waals surface area contributed by atoms with Gasteiger partial charge in [0.25, 0.3) is 0 Å². The molecular weight excluding hydrogens is 455 g/mol. The summed E-state index contributed by atoms with van der Waals surface area (Å²) in [5.41, 5.74) is 2.17. The largest absolute Gasteiger partial charge is 0.465 e. The standard InChI is InChI=1S/C18H15BrF3N5O2/c1-29-17(28)14-7-23-27(11-4-2-3-10(19)5-11)16(14)13-6-12(13)15-8-26(25-24-15)9-18(20,21)22/h2-5,7-8,12-13H,6,9H2,1H3/t12-,13-/m1/s1. The molecule has 1 aliphatic carbocycles. The smallest absolute Gasteiger partial charge is 0.408 e. The van der Waals surface area contributed by atoms with Crippen LogP contribution in [0.3, 0.4) is 0 Å². The van der Waals surface area contributed by atoms with Crippen molar-refractivity contribution >= 4 is 21.9 Å². The number of esters is 1. The Morgan fingerprint density at radius 3 is 2.83 bits per heavy atom. The zero-order valence-corrected chi connectivity index (χ0v) is 16.7. The van der Waals surface area contributed by atoms with Crippen molar-refractivity contribution in [3.63, 3.8) is 0 Å². The molecule has 0 aliphatic heterocycles. The molecule has 29 heavy (non-hydrogen) atoms. The summed E-state index contributed by atoms with van der Waals surface area (Å²) in [6.07, 6.45) is -1.01.